The summed E-state index contributed by atoms with van der Waals surface area (Å²) in [5, 5.41) is 13.0. The number of rotatable bonds is 7. The van der Waals surface area contributed by atoms with Gasteiger partial charge in [-0.15, -0.1) is 0 Å². The number of carbonyl (C=O) groups excluding carboxylic acids is 1. The van der Waals surface area contributed by atoms with E-state index in [2.05, 4.69) is 9.97 Å². The normalized spacial score (nSPS) is 11.0. The number of nitrogens with one attached hydrogen (secondary N) is 1. The number of aromatic nitrogens is 2. The Morgan fingerprint density at radius 3 is 2.73 bits per heavy atom. The summed E-state index contributed by atoms with van der Waals surface area (Å²) in [5.41, 5.74) is 1.55. The van der Waals surface area contributed by atoms with Crippen molar-refractivity contribution in [2.75, 3.05) is 13.7 Å². The van der Waals surface area contributed by atoms with E-state index in [1.807, 2.05) is 6.07 Å². The molecule has 0 unspecified atom stereocenters. The number of nitro benzene ring substituents is 1. The molecule has 33 heavy (non-hydrogen) atoms. The van der Waals surface area contributed by atoms with E-state index >= 15 is 0 Å². The molecule has 1 N–H and O–H groups in total. The van der Waals surface area contributed by atoms with E-state index in [0.717, 1.165) is 0 Å². The molecule has 2 aromatic carbocycles. The van der Waals surface area contributed by atoms with E-state index < -0.39 is 11.1 Å². The van der Waals surface area contributed by atoms with Crippen LogP contribution < -0.4 is 9.47 Å². The fraction of sp³-hybridized carbons (Fsp3) is 0.182. The molecule has 0 aliphatic heterocycles. The van der Waals surface area contributed by atoms with Gasteiger partial charge in [0.15, 0.2) is 0 Å². The van der Waals surface area contributed by atoms with Gasteiger partial charge in [0, 0.05) is 29.7 Å². The number of carbonyl (C=O) groups is 1. The molecule has 0 saturated carbocycles. The Balaban J connectivity index is 1.92. The predicted molar refractivity (Wildman–Crippen MR) is 120 cm³/mol. The van der Waals surface area contributed by atoms with Crippen LogP contribution in [0.4, 0.5) is 10.5 Å². The van der Waals surface area contributed by atoms with Crippen molar-refractivity contribution < 1.29 is 28.7 Å². The first kappa shape index (κ1) is 22.3. The average Bonchev–Trinajstić information content (AvgIpc) is 3.15. The van der Waals surface area contributed by atoms with Crippen LogP contribution in [0.3, 0.4) is 0 Å². The molecule has 0 aliphatic rings. The molecule has 2 aromatic heterocycles. The first-order valence-corrected chi connectivity index (χ1v) is 10.2. The highest BCUT2D eigenvalue weighted by atomic mass is 35.5. The Bertz CT molecular complexity index is 1370. The van der Waals surface area contributed by atoms with Crippen molar-refractivity contribution in [3.05, 3.63) is 63.3 Å². The molecule has 2 heterocycles. The van der Waals surface area contributed by atoms with Gasteiger partial charge in [0.2, 0.25) is 11.6 Å². The molecule has 4 rings (SSSR count). The van der Waals surface area contributed by atoms with Gasteiger partial charge in [0.05, 0.1) is 46.3 Å². The Kier molecular flexibility index (Phi) is 6.29. The number of aromatic amines is 1. The third-order valence-electron chi connectivity index (χ3n) is 4.76. The highest BCUT2D eigenvalue weighted by Gasteiger charge is 2.22. The first-order valence-electron chi connectivity index (χ1n) is 9.80. The molecule has 0 radical (unpaired) electrons. The van der Waals surface area contributed by atoms with Gasteiger partial charge >= 0.3 is 11.8 Å². The van der Waals surface area contributed by atoms with Crippen LogP contribution in [0.2, 0.25) is 5.02 Å². The maximum Gasteiger partial charge on any atom is 0.515 e. The van der Waals surface area contributed by atoms with Gasteiger partial charge in [0.1, 0.15) is 5.75 Å². The highest BCUT2D eigenvalue weighted by Crippen LogP contribution is 2.41. The predicted octanol–water partition coefficient (Wildman–Crippen LogP) is 5.75. The third-order valence-corrected chi connectivity index (χ3v) is 4.99. The number of hydrogen-bond donors (Lipinski definition) is 1. The summed E-state index contributed by atoms with van der Waals surface area (Å²) in [6, 6.07) is 9.29. The number of ether oxygens (including phenoxy) is 4. The smallest absolute Gasteiger partial charge is 0.449 e. The lowest BCUT2D eigenvalue weighted by molar-refractivity contribution is -0.385. The number of pyridine rings is 1. The van der Waals surface area contributed by atoms with Crippen LogP contribution in [-0.2, 0) is 16.1 Å². The monoisotopic (exact) mass is 471 g/mol. The minimum Gasteiger partial charge on any atom is -0.449 e. The molecular formula is C22H18ClN3O7. The van der Waals surface area contributed by atoms with E-state index in [4.69, 9.17) is 30.5 Å². The highest BCUT2D eigenvalue weighted by molar-refractivity contribution is 6.30. The standard InChI is InChI=1S/C22H18ClN3O7/c1-3-31-22(27)33-21-13(11-30-2)19-15(10-24-21)25-14-5-4-6-17(20(14)19)32-18-9-12(23)7-8-16(18)26(28)29/h4-10,25H,3,11H2,1-2H3. The van der Waals surface area contributed by atoms with Crippen molar-refractivity contribution in [2.45, 2.75) is 13.5 Å². The molecule has 170 valence electrons. The van der Waals surface area contributed by atoms with Gasteiger partial charge in [-0.2, -0.15) is 0 Å². The van der Waals surface area contributed by atoms with Crippen molar-refractivity contribution in [1.29, 1.82) is 0 Å². The summed E-state index contributed by atoms with van der Waals surface area (Å²) < 4.78 is 21.4. The van der Waals surface area contributed by atoms with Crippen LogP contribution in [0.15, 0.2) is 42.6 Å². The fourth-order valence-corrected chi connectivity index (χ4v) is 3.63. The summed E-state index contributed by atoms with van der Waals surface area (Å²) in [6.45, 7) is 1.87. The lowest BCUT2D eigenvalue weighted by Crippen LogP contribution is -2.12. The number of H-pyrrole nitrogens is 1. The second-order valence-corrected chi connectivity index (χ2v) is 7.26. The summed E-state index contributed by atoms with van der Waals surface area (Å²) in [7, 11) is 1.49. The average molecular weight is 472 g/mol. The van der Waals surface area contributed by atoms with Crippen LogP contribution in [0, 0.1) is 10.1 Å². The van der Waals surface area contributed by atoms with Gasteiger partial charge < -0.3 is 23.9 Å². The summed E-state index contributed by atoms with van der Waals surface area (Å²) in [5.74, 6) is 0.335. The van der Waals surface area contributed by atoms with E-state index in [1.165, 1.54) is 31.5 Å². The van der Waals surface area contributed by atoms with Crippen molar-refractivity contribution >= 4 is 45.2 Å². The SMILES string of the molecule is CCOC(=O)Oc1ncc2[nH]c3cccc(Oc4cc(Cl)ccc4[N+](=O)[O-])c3c2c1COC. The van der Waals surface area contributed by atoms with E-state index in [1.54, 1.807) is 19.1 Å². The van der Waals surface area contributed by atoms with Crippen LogP contribution >= 0.6 is 11.6 Å². The third kappa shape index (κ3) is 4.38. The number of methoxy groups -OCH3 is 1. The van der Waals surface area contributed by atoms with Gasteiger partial charge in [-0.1, -0.05) is 17.7 Å². The summed E-state index contributed by atoms with van der Waals surface area (Å²) in [4.78, 5) is 30.3. The maximum absolute atomic E-state index is 11.9. The van der Waals surface area contributed by atoms with Gasteiger partial charge in [-0.3, -0.25) is 10.1 Å². The second-order valence-electron chi connectivity index (χ2n) is 6.82. The number of halogens is 1. The largest absolute Gasteiger partial charge is 0.515 e. The molecule has 0 amide bonds. The summed E-state index contributed by atoms with van der Waals surface area (Å²) >= 11 is 6.05. The van der Waals surface area contributed by atoms with Gasteiger partial charge in [0.25, 0.3) is 0 Å². The van der Waals surface area contributed by atoms with Gasteiger partial charge in [-0.05, 0) is 25.1 Å². The molecule has 0 fully saturated rings. The first-order chi connectivity index (χ1) is 15.9. The minimum absolute atomic E-state index is 0.0142. The van der Waals surface area contributed by atoms with Crippen LogP contribution in [-0.4, -0.2) is 34.8 Å². The van der Waals surface area contributed by atoms with Crippen molar-refractivity contribution in [3.63, 3.8) is 0 Å². The molecule has 4 aromatic rings. The number of nitrogens with zero attached hydrogens (tertiary/aromatic N) is 2. The maximum atomic E-state index is 11.9. The quantitative estimate of drug-likeness (QED) is 0.205. The molecule has 11 heteroatoms. The number of fused-ring (bicyclic) bond motifs is 3. The van der Waals surface area contributed by atoms with E-state index in [0.29, 0.717) is 33.1 Å². The van der Waals surface area contributed by atoms with E-state index in [-0.39, 0.29) is 35.6 Å². The van der Waals surface area contributed by atoms with Crippen LogP contribution in [0.5, 0.6) is 17.4 Å². The number of nitro groups is 1. The van der Waals surface area contributed by atoms with Crippen LogP contribution in [0.1, 0.15) is 12.5 Å². The van der Waals surface area contributed by atoms with Crippen LogP contribution in [0.25, 0.3) is 21.8 Å². The lowest BCUT2D eigenvalue weighted by Gasteiger charge is -2.12. The van der Waals surface area contributed by atoms with Crippen molar-refractivity contribution in [3.8, 4) is 17.4 Å². The van der Waals surface area contributed by atoms with E-state index in [9.17, 15) is 14.9 Å². The fourth-order valence-electron chi connectivity index (χ4n) is 3.47. The zero-order valence-corrected chi connectivity index (χ0v) is 18.3. The zero-order chi connectivity index (χ0) is 23.5. The lowest BCUT2D eigenvalue weighted by atomic mass is 10.1. The molecule has 0 atom stereocenters. The summed E-state index contributed by atoms with van der Waals surface area (Å²) in [6.07, 6.45) is 0.613. The Morgan fingerprint density at radius 2 is 2.00 bits per heavy atom. The molecule has 0 aliphatic carbocycles. The molecule has 0 bridgehead atoms. The topological polar surface area (TPSA) is 126 Å². The number of benzene rings is 2. The van der Waals surface area contributed by atoms with Crippen molar-refractivity contribution in [2.24, 2.45) is 0 Å². The Hall–Kier alpha value is -3.89. The molecule has 10 nitrogen and oxygen atoms in total. The molecule has 0 saturated heterocycles. The second kappa shape index (κ2) is 9.31. The molecule has 0 spiro atoms. The minimum atomic E-state index is -0.896. The Labute approximate surface area is 192 Å². The van der Waals surface area contributed by atoms with Crippen molar-refractivity contribution in [1.82, 2.24) is 9.97 Å². The zero-order valence-electron chi connectivity index (χ0n) is 17.6. The Morgan fingerprint density at radius 1 is 1.18 bits per heavy atom. The molecular weight excluding hydrogens is 454 g/mol. The number of hydrogen-bond acceptors (Lipinski definition) is 8. The van der Waals surface area contributed by atoms with Gasteiger partial charge in [-0.25, -0.2) is 9.78 Å².